The molecule has 3 aromatic rings. The molecular formula is C27H28N4O9. The Morgan fingerprint density at radius 2 is 1.93 bits per heavy atom. The zero-order valence-corrected chi connectivity index (χ0v) is 21.5. The molecule has 2 aromatic heterocycles. The molecule has 0 spiro atoms. The van der Waals surface area contributed by atoms with Gasteiger partial charge in [-0.05, 0) is 30.7 Å². The van der Waals surface area contributed by atoms with Crippen molar-refractivity contribution in [3.05, 3.63) is 88.4 Å². The predicted molar refractivity (Wildman–Crippen MR) is 139 cm³/mol. The van der Waals surface area contributed by atoms with Crippen LogP contribution in [0.5, 0.6) is 0 Å². The first kappa shape index (κ1) is 27.3. The van der Waals surface area contributed by atoms with Crippen molar-refractivity contribution >= 4 is 23.9 Å². The van der Waals surface area contributed by atoms with Crippen LogP contribution in [0.15, 0.2) is 70.2 Å². The first-order valence-corrected chi connectivity index (χ1v) is 12.6. The normalized spacial score (nSPS) is 23.8. The number of nitrogens with zero attached hydrogens (tertiary/aromatic N) is 2. The molecule has 2 unspecified atom stereocenters. The Morgan fingerprint density at radius 3 is 2.67 bits per heavy atom. The number of carboxylic acid groups (broad SMARTS) is 1. The monoisotopic (exact) mass is 552 g/mol. The molecule has 40 heavy (non-hydrogen) atoms. The number of ether oxygens (including phenoxy) is 4. The highest BCUT2D eigenvalue weighted by Crippen LogP contribution is 2.39. The second kappa shape index (κ2) is 12.3. The largest absolute Gasteiger partial charge is 0.478 e. The standard InChI is InChI=1S/C27H28N4O9/c1-2-28-26(34)29-20-10-12-31(27(35)30-20)24-23-22(39-21(40-23)9-8-16-6-4-3-5-7-16)19(38-24)15-36-14-18-17(25(32)33)11-13-37-18/h3-13,19,21-24H,2,14-15H2,1H3,(H,32,33)(H2,28,29,30,34,35)/b9-8+/t19-,21+,22?,23?,24-/m1/s1. The molecule has 0 saturated carbocycles. The number of hydrogen-bond donors (Lipinski definition) is 3. The van der Waals surface area contributed by atoms with Crippen molar-refractivity contribution in [2.75, 3.05) is 18.5 Å². The predicted octanol–water partition coefficient (Wildman–Crippen LogP) is 2.61. The minimum absolute atomic E-state index is 0.00796. The summed E-state index contributed by atoms with van der Waals surface area (Å²) >= 11 is 0. The Kier molecular flexibility index (Phi) is 8.36. The summed E-state index contributed by atoms with van der Waals surface area (Å²) in [7, 11) is 0. The average Bonchev–Trinajstić information content (AvgIpc) is 3.65. The van der Waals surface area contributed by atoms with Gasteiger partial charge < -0.3 is 33.8 Å². The Morgan fingerprint density at radius 1 is 1.12 bits per heavy atom. The van der Waals surface area contributed by atoms with E-state index in [1.54, 1.807) is 13.0 Å². The van der Waals surface area contributed by atoms with Crippen LogP contribution in [0, 0.1) is 0 Å². The van der Waals surface area contributed by atoms with Crippen molar-refractivity contribution in [1.82, 2.24) is 14.9 Å². The highest BCUT2D eigenvalue weighted by atomic mass is 16.8. The Bertz CT molecular complexity index is 1420. The van der Waals surface area contributed by atoms with Gasteiger partial charge in [0.1, 0.15) is 42.1 Å². The molecule has 0 bridgehead atoms. The second-order valence-electron chi connectivity index (χ2n) is 8.97. The summed E-state index contributed by atoms with van der Waals surface area (Å²) < 4.78 is 30.6. The van der Waals surface area contributed by atoms with Crippen LogP contribution >= 0.6 is 0 Å². The van der Waals surface area contributed by atoms with E-state index in [1.165, 1.54) is 29.2 Å². The van der Waals surface area contributed by atoms with Gasteiger partial charge in [0, 0.05) is 12.7 Å². The van der Waals surface area contributed by atoms with E-state index in [2.05, 4.69) is 15.6 Å². The molecule has 5 rings (SSSR count). The molecule has 2 saturated heterocycles. The molecule has 5 atom stereocenters. The summed E-state index contributed by atoms with van der Waals surface area (Å²) in [5.41, 5.74) is 0.310. The maximum absolute atomic E-state index is 12.9. The minimum atomic E-state index is -1.12. The molecule has 2 aliphatic heterocycles. The molecule has 4 heterocycles. The Balaban J connectivity index is 1.32. The molecule has 0 radical (unpaired) electrons. The number of aromatic carboxylic acids is 1. The van der Waals surface area contributed by atoms with Gasteiger partial charge in [-0.15, -0.1) is 0 Å². The number of furan rings is 1. The van der Waals surface area contributed by atoms with E-state index in [9.17, 15) is 19.5 Å². The van der Waals surface area contributed by atoms with Crippen LogP contribution in [0.3, 0.4) is 0 Å². The lowest BCUT2D eigenvalue weighted by Crippen LogP contribution is -2.35. The topological polar surface area (TPSA) is 163 Å². The van der Waals surface area contributed by atoms with E-state index in [4.69, 9.17) is 23.4 Å². The molecule has 210 valence electrons. The van der Waals surface area contributed by atoms with E-state index >= 15 is 0 Å². The van der Waals surface area contributed by atoms with E-state index in [0.29, 0.717) is 6.54 Å². The lowest BCUT2D eigenvalue weighted by molar-refractivity contribution is -0.141. The summed E-state index contributed by atoms with van der Waals surface area (Å²) in [5.74, 6) is -0.870. The summed E-state index contributed by atoms with van der Waals surface area (Å²) in [6.45, 7) is 2.09. The van der Waals surface area contributed by atoms with Gasteiger partial charge in [-0.1, -0.05) is 36.4 Å². The number of carbonyl (C=O) groups excluding carboxylic acids is 1. The number of fused-ring (bicyclic) bond motifs is 1. The van der Waals surface area contributed by atoms with Gasteiger partial charge in [0.15, 0.2) is 12.5 Å². The van der Waals surface area contributed by atoms with Crippen molar-refractivity contribution in [2.24, 2.45) is 0 Å². The molecular weight excluding hydrogens is 524 g/mol. The first-order chi connectivity index (χ1) is 19.4. The Labute approximate surface area is 228 Å². The summed E-state index contributed by atoms with van der Waals surface area (Å²) in [4.78, 5) is 40.0. The average molecular weight is 553 g/mol. The van der Waals surface area contributed by atoms with E-state index in [-0.39, 0.29) is 30.4 Å². The van der Waals surface area contributed by atoms with E-state index in [0.717, 1.165) is 5.56 Å². The number of aromatic nitrogens is 2. The number of urea groups is 1. The third kappa shape index (κ3) is 6.13. The van der Waals surface area contributed by atoms with Crippen molar-refractivity contribution in [3.8, 4) is 0 Å². The van der Waals surface area contributed by atoms with Crippen LogP contribution in [0.2, 0.25) is 0 Å². The number of benzene rings is 1. The summed E-state index contributed by atoms with van der Waals surface area (Å²) in [6, 6.07) is 12.0. The molecule has 2 aliphatic rings. The fourth-order valence-corrected chi connectivity index (χ4v) is 4.47. The van der Waals surface area contributed by atoms with Crippen molar-refractivity contribution in [2.45, 2.75) is 44.4 Å². The van der Waals surface area contributed by atoms with Crippen LogP contribution in [-0.4, -0.2) is 64.4 Å². The summed E-state index contributed by atoms with van der Waals surface area (Å²) in [6.07, 6.45) is 2.82. The maximum atomic E-state index is 12.9. The lowest BCUT2D eigenvalue weighted by Gasteiger charge is -2.20. The van der Waals surface area contributed by atoms with Crippen molar-refractivity contribution in [3.63, 3.8) is 0 Å². The lowest BCUT2D eigenvalue weighted by atomic mass is 10.1. The van der Waals surface area contributed by atoms with Gasteiger partial charge in [-0.25, -0.2) is 14.4 Å². The number of carboxylic acids is 1. The number of hydrogen-bond acceptors (Lipinski definition) is 9. The number of amides is 2. The van der Waals surface area contributed by atoms with Gasteiger partial charge in [-0.3, -0.25) is 9.88 Å². The maximum Gasteiger partial charge on any atom is 0.351 e. The van der Waals surface area contributed by atoms with E-state index in [1.807, 2.05) is 36.4 Å². The van der Waals surface area contributed by atoms with Gasteiger partial charge in [-0.2, -0.15) is 4.98 Å². The van der Waals surface area contributed by atoms with Crippen molar-refractivity contribution < 1.29 is 38.1 Å². The molecule has 2 fully saturated rings. The zero-order valence-electron chi connectivity index (χ0n) is 21.5. The fourth-order valence-electron chi connectivity index (χ4n) is 4.47. The van der Waals surface area contributed by atoms with Crippen LogP contribution in [0.25, 0.3) is 6.08 Å². The molecule has 1 aromatic carbocycles. The minimum Gasteiger partial charge on any atom is -0.478 e. The number of anilines is 1. The highest BCUT2D eigenvalue weighted by Gasteiger charge is 2.53. The Hall–Kier alpha value is -4.30. The SMILES string of the molecule is CCNC(=O)Nc1ccn([C@@H]2O[C@H](COCc3occc3C(=O)O)C3O[C@H](/C=C/c4ccccc4)OC32)c(=O)n1. The third-order valence-corrected chi connectivity index (χ3v) is 6.29. The van der Waals surface area contributed by atoms with Crippen LogP contribution < -0.4 is 16.3 Å². The van der Waals surface area contributed by atoms with Crippen LogP contribution in [-0.2, 0) is 25.6 Å². The first-order valence-electron chi connectivity index (χ1n) is 12.6. The van der Waals surface area contributed by atoms with Gasteiger partial charge >= 0.3 is 17.7 Å². The quantitative estimate of drug-likeness (QED) is 0.341. The van der Waals surface area contributed by atoms with Gasteiger partial charge in [0.2, 0.25) is 0 Å². The molecule has 0 aliphatic carbocycles. The van der Waals surface area contributed by atoms with Gasteiger partial charge in [0.05, 0.1) is 12.9 Å². The summed E-state index contributed by atoms with van der Waals surface area (Å²) in [5, 5.41) is 14.3. The molecule has 13 nitrogen and oxygen atoms in total. The fraction of sp³-hybridized carbons (Fsp3) is 0.333. The number of rotatable bonds is 10. The smallest absolute Gasteiger partial charge is 0.351 e. The third-order valence-electron chi connectivity index (χ3n) is 6.29. The molecule has 2 amide bonds. The van der Waals surface area contributed by atoms with E-state index < -0.39 is 48.5 Å². The van der Waals surface area contributed by atoms with Crippen molar-refractivity contribution in [1.29, 1.82) is 0 Å². The second-order valence-corrected chi connectivity index (χ2v) is 8.97. The number of nitrogens with one attached hydrogen (secondary N) is 2. The number of carbonyl (C=O) groups is 2. The van der Waals surface area contributed by atoms with Gasteiger partial charge in [0.25, 0.3) is 0 Å². The molecule has 3 N–H and O–H groups in total. The highest BCUT2D eigenvalue weighted by molar-refractivity contribution is 5.88. The zero-order chi connectivity index (χ0) is 28.1. The van der Waals surface area contributed by atoms with Crippen LogP contribution in [0.1, 0.15) is 34.8 Å². The molecule has 13 heteroatoms. The van der Waals surface area contributed by atoms with Crippen LogP contribution in [0.4, 0.5) is 10.6 Å².